The highest BCUT2D eigenvalue weighted by molar-refractivity contribution is 5.40. The fraction of sp³-hybridized carbons (Fsp3) is 0.240. The van der Waals surface area contributed by atoms with Gasteiger partial charge in [0.2, 0.25) is 0 Å². The molecule has 0 spiro atoms. The van der Waals surface area contributed by atoms with Crippen molar-refractivity contribution < 1.29 is 14.8 Å². The highest BCUT2D eigenvalue weighted by atomic mass is 16.6. The van der Waals surface area contributed by atoms with E-state index in [4.69, 9.17) is 4.74 Å². The van der Waals surface area contributed by atoms with E-state index >= 15 is 0 Å². The van der Waals surface area contributed by atoms with Gasteiger partial charge in [0.1, 0.15) is 11.5 Å². The zero-order valence-corrected chi connectivity index (χ0v) is 16.9. The average Bonchev–Trinajstić information content (AvgIpc) is 2.79. The lowest BCUT2D eigenvalue weighted by atomic mass is 9.76. The number of benzene rings is 2. The fourth-order valence-corrected chi connectivity index (χ4v) is 3.94. The van der Waals surface area contributed by atoms with E-state index in [1.165, 1.54) is 23.9 Å². The Bertz CT molecular complexity index is 1110. The molecule has 0 aliphatic heterocycles. The quantitative estimate of drug-likeness (QED) is 0.359. The molecule has 1 aliphatic carbocycles. The topological polar surface area (TPSA) is 85.5 Å². The lowest BCUT2D eigenvalue weighted by Crippen LogP contribution is -2.38. The minimum atomic E-state index is -0.715. The summed E-state index contributed by atoms with van der Waals surface area (Å²) in [7, 11) is 0. The van der Waals surface area contributed by atoms with Gasteiger partial charge in [-0.05, 0) is 61.3 Å². The molecule has 4 rings (SSSR count). The molecular formula is C25H22N2O4. The summed E-state index contributed by atoms with van der Waals surface area (Å²) < 4.78 is 6.33. The first kappa shape index (κ1) is 20.4. The van der Waals surface area contributed by atoms with Crippen molar-refractivity contribution in [2.24, 2.45) is 0 Å². The fourth-order valence-electron chi connectivity index (χ4n) is 3.94. The van der Waals surface area contributed by atoms with Gasteiger partial charge in [0, 0.05) is 23.9 Å². The predicted molar refractivity (Wildman–Crippen MR) is 117 cm³/mol. The van der Waals surface area contributed by atoms with Crippen LogP contribution in [0.3, 0.4) is 0 Å². The largest absolute Gasteiger partial charge is 0.506 e. The van der Waals surface area contributed by atoms with E-state index < -0.39 is 10.5 Å². The maximum absolute atomic E-state index is 10.9. The van der Waals surface area contributed by atoms with Crippen LogP contribution < -0.4 is 4.74 Å². The van der Waals surface area contributed by atoms with Gasteiger partial charge in [0.05, 0.1) is 11.1 Å². The molecule has 0 amide bonds. The number of non-ortho nitro benzene ring substituents is 1. The van der Waals surface area contributed by atoms with Crippen molar-refractivity contribution in [3.05, 3.63) is 94.3 Å². The van der Waals surface area contributed by atoms with Crippen molar-refractivity contribution in [2.75, 3.05) is 0 Å². The van der Waals surface area contributed by atoms with E-state index in [1.807, 2.05) is 6.07 Å². The van der Waals surface area contributed by atoms with Crippen LogP contribution >= 0.6 is 0 Å². The summed E-state index contributed by atoms with van der Waals surface area (Å²) in [5.41, 5.74) is 1.23. The molecule has 31 heavy (non-hydrogen) atoms. The maximum Gasteiger partial charge on any atom is 0.269 e. The Morgan fingerprint density at radius 1 is 1.06 bits per heavy atom. The molecule has 1 N–H and O–H groups in total. The molecule has 3 aromatic rings. The first-order chi connectivity index (χ1) is 15.0. The molecule has 6 heteroatoms. The second-order valence-corrected chi connectivity index (χ2v) is 7.71. The first-order valence-corrected chi connectivity index (χ1v) is 10.2. The Kier molecular flexibility index (Phi) is 5.85. The molecule has 156 valence electrons. The molecule has 0 radical (unpaired) electrons. The van der Waals surface area contributed by atoms with Crippen molar-refractivity contribution in [3.63, 3.8) is 0 Å². The third-order valence-corrected chi connectivity index (χ3v) is 5.58. The minimum absolute atomic E-state index is 0.0195. The number of aromatic hydroxyl groups is 1. The summed E-state index contributed by atoms with van der Waals surface area (Å²) in [6.45, 7) is 0. The van der Waals surface area contributed by atoms with Crippen LogP contribution in [0.1, 0.15) is 42.7 Å². The summed E-state index contributed by atoms with van der Waals surface area (Å²) in [4.78, 5) is 14.5. The molecule has 1 fully saturated rings. The van der Waals surface area contributed by atoms with E-state index in [0.29, 0.717) is 17.2 Å². The van der Waals surface area contributed by atoms with Gasteiger partial charge in [0.15, 0.2) is 5.60 Å². The maximum atomic E-state index is 10.9. The Hall–Kier alpha value is -3.85. The summed E-state index contributed by atoms with van der Waals surface area (Å²) in [6.07, 6.45) is 6.25. The number of ether oxygens (including phenoxy) is 1. The van der Waals surface area contributed by atoms with E-state index in [-0.39, 0.29) is 11.4 Å². The van der Waals surface area contributed by atoms with Crippen LogP contribution in [0, 0.1) is 22.0 Å². The molecule has 0 unspecified atom stereocenters. The Labute approximate surface area is 180 Å². The van der Waals surface area contributed by atoms with Gasteiger partial charge < -0.3 is 9.84 Å². The monoisotopic (exact) mass is 414 g/mol. The Morgan fingerprint density at radius 3 is 2.42 bits per heavy atom. The number of hydrogen-bond donors (Lipinski definition) is 1. The van der Waals surface area contributed by atoms with Crippen molar-refractivity contribution in [1.82, 2.24) is 4.98 Å². The highest BCUT2D eigenvalue weighted by Crippen LogP contribution is 2.40. The van der Waals surface area contributed by atoms with Crippen molar-refractivity contribution >= 4 is 5.69 Å². The van der Waals surface area contributed by atoms with Crippen molar-refractivity contribution in [1.29, 1.82) is 0 Å². The summed E-state index contributed by atoms with van der Waals surface area (Å²) >= 11 is 0. The standard InChI is InChI=1S/C25H22N2O4/c28-23-16-19(17-26-18-23)10-13-25(31-24-8-6-22(7-9-24)27(29)30)14-11-21(12-15-25)20-4-2-1-3-5-20/h1-9,16-18,21,28H,11-12,14-15H2. The zero-order chi connectivity index (χ0) is 21.7. The van der Waals surface area contributed by atoms with Crippen LogP contribution in [0.5, 0.6) is 11.5 Å². The molecule has 1 aromatic heterocycles. The van der Waals surface area contributed by atoms with Crippen LogP contribution in [0.25, 0.3) is 0 Å². The number of pyridine rings is 1. The lowest BCUT2D eigenvalue weighted by molar-refractivity contribution is -0.384. The highest BCUT2D eigenvalue weighted by Gasteiger charge is 2.36. The number of rotatable bonds is 4. The van der Waals surface area contributed by atoms with Gasteiger partial charge in [-0.3, -0.25) is 15.1 Å². The van der Waals surface area contributed by atoms with Gasteiger partial charge in [0.25, 0.3) is 5.69 Å². The van der Waals surface area contributed by atoms with E-state index in [9.17, 15) is 15.2 Å². The van der Waals surface area contributed by atoms with E-state index in [2.05, 4.69) is 41.1 Å². The smallest absolute Gasteiger partial charge is 0.269 e. The number of aromatic nitrogens is 1. The lowest BCUT2D eigenvalue weighted by Gasteiger charge is -2.37. The number of nitro benzene ring substituents is 1. The molecule has 1 saturated carbocycles. The Balaban J connectivity index is 1.59. The summed E-state index contributed by atoms with van der Waals surface area (Å²) in [5, 5.41) is 20.6. The van der Waals surface area contributed by atoms with Gasteiger partial charge >= 0.3 is 0 Å². The van der Waals surface area contributed by atoms with Gasteiger partial charge in [-0.25, -0.2) is 0 Å². The summed E-state index contributed by atoms with van der Waals surface area (Å²) in [5.74, 6) is 7.43. The number of nitrogens with zero attached hydrogens (tertiary/aromatic N) is 2. The molecule has 0 bridgehead atoms. The third kappa shape index (κ3) is 5.01. The molecule has 1 heterocycles. The first-order valence-electron chi connectivity index (χ1n) is 10.2. The second kappa shape index (κ2) is 8.88. The van der Waals surface area contributed by atoms with Crippen LogP contribution in [-0.2, 0) is 0 Å². The molecule has 0 atom stereocenters. The minimum Gasteiger partial charge on any atom is -0.506 e. The zero-order valence-electron chi connectivity index (χ0n) is 16.9. The van der Waals surface area contributed by atoms with Crippen LogP contribution in [-0.4, -0.2) is 20.6 Å². The molecule has 6 nitrogen and oxygen atoms in total. The molecular weight excluding hydrogens is 392 g/mol. The number of nitro groups is 1. The van der Waals surface area contributed by atoms with Crippen molar-refractivity contribution in [2.45, 2.75) is 37.2 Å². The van der Waals surface area contributed by atoms with Gasteiger partial charge in [-0.15, -0.1) is 0 Å². The molecule has 0 saturated heterocycles. The molecule has 2 aromatic carbocycles. The summed E-state index contributed by atoms with van der Waals surface area (Å²) in [6, 6.07) is 18.1. The van der Waals surface area contributed by atoms with E-state index in [0.717, 1.165) is 25.7 Å². The number of hydrogen-bond acceptors (Lipinski definition) is 5. The van der Waals surface area contributed by atoms with Gasteiger partial charge in [-0.1, -0.05) is 36.3 Å². The average molecular weight is 414 g/mol. The van der Waals surface area contributed by atoms with Gasteiger partial charge in [-0.2, -0.15) is 0 Å². The second-order valence-electron chi connectivity index (χ2n) is 7.71. The molecule has 1 aliphatic rings. The third-order valence-electron chi connectivity index (χ3n) is 5.58. The predicted octanol–water partition coefficient (Wildman–Crippen LogP) is 5.22. The van der Waals surface area contributed by atoms with Crippen molar-refractivity contribution in [3.8, 4) is 23.3 Å². The van der Waals surface area contributed by atoms with Crippen LogP contribution in [0.15, 0.2) is 73.1 Å². The van der Waals surface area contributed by atoms with E-state index in [1.54, 1.807) is 24.4 Å². The SMILES string of the molecule is O=[N+]([O-])c1ccc(OC2(C#Cc3cncc(O)c3)CCC(c3ccccc3)CC2)cc1. The normalized spacial score (nSPS) is 20.3. The Morgan fingerprint density at radius 2 is 1.77 bits per heavy atom. The van der Waals surface area contributed by atoms with Crippen LogP contribution in [0.4, 0.5) is 5.69 Å². The van der Waals surface area contributed by atoms with Crippen LogP contribution in [0.2, 0.25) is 0 Å².